The Labute approximate surface area is 135 Å². The topological polar surface area (TPSA) is 13.1 Å². The molecule has 3 aromatic carbocycles. The van der Waals surface area contributed by atoms with Gasteiger partial charge in [-0.3, -0.25) is 0 Å². The minimum absolute atomic E-state index is 0.645. The highest BCUT2D eigenvalue weighted by Gasteiger charge is 2.11. The molecule has 0 unspecified atom stereocenters. The molecule has 0 saturated carbocycles. The molecule has 0 aliphatic heterocycles. The van der Waals surface area contributed by atoms with Crippen molar-refractivity contribution in [2.24, 2.45) is 0 Å². The van der Waals surface area contributed by atoms with Crippen molar-refractivity contribution in [3.05, 3.63) is 70.2 Å². The molecule has 0 fully saturated rings. The van der Waals surface area contributed by atoms with Crippen LogP contribution in [-0.4, -0.2) is 0 Å². The Morgan fingerprint density at radius 3 is 2.57 bits per heavy atom. The van der Waals surface area contributed by atoms with Gasteiger partial charge < -0.3 is 4.42 Å². The first-order chi connectivity index (χ1) is 10.2. The van der Waals surface area contributed by atoms with Crippen LogP contribution in [0.4, 0.5) is 0 Å². The Bertz CT molecular complexity index is 971. The van der Waals surface area contributed by atoms with Crippen molar-refractivity contribution in [1.29, 1.82) is 0 Å². The van der Waals surface area contributed by atoms with Crippen molar-refractivity contribution in [2.75, 3.05) is 0 Å². The molecule has 0 bridgehead atoms. The summed E-state index contributed by atoms with van der Waals surface area (Å²) in [5.41, 5.74) is 3.92. The third-order valence-corrected chi connectivity index (χ3v) is 4.62. The number of hydrogen-bond acceptors (Lipinski definition) is 1. The molecule has 0 N–H and O–H groups in total. The highest BCUT2D eigenvalue weighted by Crippen LogP contribution is 2.36. The van der Waals surface area contributed by atoms with Gasteiger partial charge in [-0.05, 0) is 35.4 Å². The van der Waals surface area contributed by atoms with Crippen molar-refractivity contribution in [1.82, 2.24) is 0 Å². The van der Waals surface area contributed by atoms with Crippen molar-refractivity contribution in [3.63, 3.8) is 0 Å². The van der Waals surface area contributed by atoms with Crippen LogP contribution in [0.1, 0.15) is 0 Å². The van der Waals surface area contributed by atoms with Crippen LogP contribution < -0.4 is 0 Å². The third-order valence-electron chi connectivity index (χ3n) is 3.63. The lowest BCUT2D eigenvalue weighted by Crippen LogP contribution is -1.79. The lowest BCUT2D eigenvalue weighted by molar-refractivity contribution is 0.669. The van der Waals surface area contributed by atoms with E-state index >= 15 is 0 Å². The minimum atomic E-state index is 0.645. The number of rotatable bonds is 1. The maximum atomic E-state index is 6.21. The molecule has 0 radical (unpaired) electrons. The Morgan fingerprint density at radius 2 is 1.71 bits per heavy atom. The second kappa shape index (κ2) is 4.90. The number of para-hydroxylation sites is 1. The fraction of sp³-hybridized carbons (Fsp3) is 0. The molecule has 21 heavy (non-hydrogen) atoms. The van der Waals surface area contributed by atoms with Crippen LogP contribution in [0.2, 0.25) is 5.02 Å². The summed E-state index contributed by atoms with van der Waals surface area (Å²) in [6, 6.07) is 20.2. The molecule has 102 valence electrons. The summed E-state index contributed by atoms with van der Waals surface area (Å²) in [6.07, 6.45) is 0. The molecule has 4 rings (SSSR count). The Hall–Kier alpha value is -1.77. The molecule has 0 atom stereocenters. The molecular formula is C18H10BrClO. The Kier molecular flexibility index (Phi) is 3.02. The number of benzene rings is 3. The maximum Gasteiger partial charge on any atom is 0.153 e. The summed E-state index contributed by atoms with van der Waals surface area (Å²) < 4.78 is 6.94. The molecule has 0 saturated heterocycles. The van der Waals surface area contributed by atoms with Gasteiger partial charge >= 0.3 is 0 Å². The molecule has 0 spiro atoms. The van der Waals surface area contributed by atoms with E-state index in [2.05, 4.69) is 34.1 Å². The number of furan rings is 1. The fourth-order valence-electron chi connectivity index (χ4n) is 2.63. The molecule has 1 nitrogen and oxygen atoms in total. The summed E-state index contributed by atoms with van der Waals surface area (Å²) in [6.45, 7) is 0. The first kappa shape index (κ1) is 12.9. The SMILES string of the molecule is Clc1cccc2c1oc1ccc(-c3ccccc3Br)cc12. The zero-order valence-corrected chi connectivity index (χ0v) is 13.3. The second-order valence-corrected chi connectivity index (χ2v) is 6.17. The zero-order chi connectivity index (χ0) is 14.4. The van der Waals surface area contributed by atoms with E-state index in [1.807, 2.05) is 42.5 Å². The van der Waals surface area contributed by atoms with E-state index in [1.54, 1.807) is 0 Å². The molecule has 0 aliphatic carbocycles. The first-order valence-electron chi connectivity index (χ1n) is 6.60. The van der Waals surface area contributed by atoms with Crippen LogP contribution in [0.25, 0.3) is 33.1 Å². The summed E-state index contributed by atoms with van der Waals surface area (Å²) in [5.74, 6) is 0. The van der Waals surface area contributed by atoms with E-state index in [-0.39, 0.29) is 0 Å². The summed E-state index contributed by atoms with van der Waals surface area (Å²) in [7, 11) is 0. The van der Waals surface area contributed by atoms with Crippen LogP contribution in [0.3, 0.4) is 0 Å². The van der Waals surface area contributed by atoms with Crippen LogP contribution in [0, 0.1) is 0 Å². The van der Waals surface area contributed by atoms with Crippen LogP contribution in [0.15, 0.2) is 69.6 Å². The predicted molar refractivity (Wildman–Crippen MR) is 91.9 cm³/mol. The van der Waals surface area contributed by atoms with Crippen molar-refractivity contribution in [3.8, 4) is 11.1 Å². The monoisotopic (exact) mass is 356 g/mol. The highest BCUT2D eigenvalue weighted by atomic mass is 79.9. The van der Waals surface area contributed by atoms with Gasteiger partial charge in [0.25, 0.3) is 0 Å². The normalized spacial score (nSPS) is 11.3. The van der Waals surface area contributed by atoms with Gasteiger partial charge in [-0.1, -0.05) is 63.9 Å². The molecule has 1 heterocycles. The van der Waals surface area contributed by atoms with Crippen LogP contribution in [0.5, 0.6) is 0 Å². The van der Waals surface area contributed by atoms with E-state index in [0.717, 1.165) is 37.5 Å². The first-order valence-corrected chi connectivity index (χ1v) is 7.77. The molecule has 0 amide bonds. The molecule has 4 aromatic rings. The largest absolute Gasteiger partial charge is 0.454 e. The smallest absolute Gasteiger partial charge is 0.153 e. The van der Waals surface area contributed by atoms with Crippen molar-refractivity contribution in [2.45, 2.75) is 0 Å². The van der Waals surface area contributed by atoms with Gasteiger partial charge in [0, 0.05) is 15.2 Å². The molecule has 3 heteroatoms. The Balaban J connectivity index is 2.04. The van der Waals surface area contributed by atoms with Gasteiger partial charge in [0.15, 0.2) is 5.58 Å². The summed E-state index contributed by atoms with van der Waals surface area (Å²) >= 11 is 9.81. The average molecular weight is 358 g/mol. The van der Waals surface area contributed by atoms with E-state index in [1.165, 1.54) is 0 Å². The standard InChI is InChI=1S/C18H10BrClO/c19-15-6-2-1-4-12(15)11-8-9-17-14(10-11)13-5-3-7-16(20)18(13)21-17/h1-10H. The maximum absolute atomic E-state index is 6.21. The molecule has 1 aromatic heterocycles. The number of halogens is 2. The average Bonchev–Trinajstić information content (AvgIpc) is 2.87. The van der Waals surface area contributed by atoms with Gasteiger partial charge in [-0.25, -0.2) is 0 Å². The second-order valence-electron chi connectivity index (χ2n) is 4.91. The quantitative estimate of drug-likeness (QED) is 0.371. The number of hydrogen-bond donors (Lipinski definition) is 0. The van der Waals surface area contributed by atoms with Gasteiger partial charge in [0.05, 0.1) is 5.02 Å². The van der Waals surface area contributed by atoms with Crippen molar-refractivity contribution >= 4 is 49.5 Å². The predicted octanol–water partition coefficient (Wildman–Crippen LogP) is 6.67. The third kappa shape index (κ3) is 2.06. The molecule has 0 aliphatic rings. The van der Waals surface area contributed by atoms with Gasteiger partial charge in [0.2, 0.25) is 0 Å². The van der Waals surface area contributed by atoms with E-state index in [4.69, 9.17) is 16.0 Å². The number of fused-ring (bicyclic) bond motifs is 3. The van der Waals surface area contributed by atoms with E-state index < -0.39 is 0 Å². The lowest BCUT2D eigenvalue weighted by Gasteiger charge is -2.04. The summed E-state index contributed by atoms with van der Waals surface area (Å²) in [5, 5.41) is 2.78. The van der Waals surface area contributed by atoms with Gasteiger partial charge in [-0.2, -0.15) is 0 Å². The van der Waals surface area contributed by atoms with E-state index in [9.17, 15) is 0 Å². The van der Waals surface area contributed by atoms with Gasteiger partial charge in [0.1, 0.15) is 5.58 Å². The van der Waals surface area contributed by atoms with E-state index in [0.29, 0.717) is 5.02 Å². The zero-order valence-electron chi connectivity index (χ0n) is 10.9. The molecular weight excluding hydrogens is 348 g/mol. The van der Waals surface area contributed by atoms with Crippen LogP contribution >= 0.6 is 27.5 Å². The lowest BCUT2D eigenvalue weighted by atomic mass is 10.0. The van der Waals surface area contributed by atoms with Crippen LogP contribution in [-0.2, 0) is 0 Å². The highest BCUT2D eigenvalue weighted by molar-refractivity contribution is 9.10. The van der Waals surface area contributed by atoms with Gasteiger partial charge in [-0.15, -0.1) is 0 Å². The Morgan fingerprint density at radius 1 is 0.857 bits per heavy atom. The van der Waals surface area contributed by atoms with Crippen molar-refractivity contribution < 1.29 is 4.42 Å². The fourth-order valence-corrected chi connectivity index (χ4v) is 3.35. The minimum Gasteiger partial charge on any atom is -0.454 e. The summed E-state index contributed by atoms with van der Waals surface area (Å²) in [4.78, 5) is 0.